The van der Waals surface area contributed by atoms with E-state index in [-0.39, 0.29) is 5.91 Å². The van der Waals surface area contributed by atoms with Gasteiger partial charge in [-0.1, -0.05) is 35.5 Å². The summed E-state index contributed by atoms with van der Waals surface area (Å²) in [4.78, 5) is 24.2. The molecule has 4 rings (SSSR count). The zero-order valence-corrected chi connectivity index (χ0v) is 15.7. The summed E-state index contributed by atoms with van der Waals surface area (Å²) < 4.78 is 1.71. The molecule has 1 aliphatic rings. The van der Waals surface area contributed by atoms with Gasteiger partial charge in [0.15, 0.2) is 0 Å². The first-order valence-corrected chi connectivity index (χ1v) is 9.18. The van der Waals surface area contributed by atoms with E-state index in [0.29, 0.717) is 31.7 Å². The summed E-state index contributed by atoms with van der Waals surface area (Å²) in [5.74, 6) is -0.0333. The summed E-state index contributed by atoms with van der Waals surface area (Å²) in [7, 11) is 0. The minimum absolute atomic E-state index is 0.0333. The van der Waals surface area contributed by atoms with E-state index in [1.54, 1.807) is 28.2 Å². The fourth-order valence-electron chi connectivity index (χ4n) is 3.15. The van der Waals surface area contributed by atoms with Crippen LogP contribution in [0.25, 0.3) is 5.69 Å². The topological polar surface area (TPSA) is 72.6 Å². The van der Waals surface area contributed by atoms with Gasteiger partial charge in [0.25, 0.3) is 5.91 Å². The van der Waals surface area contributed by atoms with E-state index in [4.69, 9.17) is 4.84 Å². The maximum absolute atomic E-state index is 12.9. The van der Waals surface area contributed by atoms with E-state index < -0.39 is 0 Å². The minimum atomic E-state index is -0.0333. The highest BCUT2D eigenvalue weighted by molar-refractivity contribution is 5.98. The molecule has 0 N–H and O–H groups in total. The number of hydrogen-bond donors (Lipinski definition) is 0. The molecule has 0 bridgehead atoms. The van der Waals surface area contributed by atoms with Gasteiger partial charge in [0.05, 0.1) is 35.4 Å². The number of nitrogens with zero attached hydrogens (tertiary/aromatic N) is 5. The monoisotopic (exact) mass is 375 g/mol. The zero-order chi connectivity index (χ0) is 19.3. The maximum Gasteiger partial charge on any atom is 0.257 e. The van der Waals surface area contributed by atoms with E-state index in [2.05, 4.69) is 15.2 Å². The van der Waals surface area contributed by atoms with Gasteiger partial charge in [-0.25, -0.2) is 4.68 Å². The Labute approximate surface area is 163 Å². The number of hydrogen-bond acceptors (Lipinski definition) is 5. The van der Waals surface area contributed by atoms with Crippen LogP contribution in [0.4, 0.5) is 0 Å². The van der Waals surface area contributed by atoms with Crippen LogP contribution >= 0.6 is 0 Å². The van der Waals surface area contributed by atoms with Gasteiger partial charge in [-0.2, -0.15) is 5.10 Å². The number of pyridine rings is 1. The molecule has 7 heteroatoms. The molecule has 3 aromatic rings. The molecular formula is C21H21N5O2. The van der Waals surface area contributed by atoms with Crippen LogP contribution in [-0.2, 0) is 17.9 Å². The van der Waals surface area contributed by atoms with Crippen LogP contribution in [-0.4, -0.2) is 44.4 Å². The third-order valence-corrected chi connectivity index (χ3v) is 4.55. The number of oxime groups is 1. The lowest BCUT2D eigenvalue weighted by Crippen LogP contribution is -2.40. The summed E-state index contributed by atoms with van der Waals surface area (Å²) in [5, 5.41) is 8.69. The van der Waals surface area contributed by atoms with Crippen molar-refractivity contribution >= 4 is 11.6 Å². The first-order chi connectivity index (χ1) is 13.7. The average Bonchev–Trinajstić information content (AvgIpc) is 3.17. The van der Waals surface area contributed by atoms with Crippen LogP contribution in [0.15, 0.2) is 66.2 Å². The Kier molecular flexibility index (Phi) is 5.14. The highest BCUT2D eigenvalue weighted by Gasteiger charge is 2.28. The van der Waals surface area contributed by atoms with Crippen molar-refractivity contribution in [3.05, 3.63) is 77.9 Å². The molecule has 1 amide bonds. The van der Waals surface area contributed by atoms with Crippen molar-refractivity contribution in [3.63, 3.8) is 0 Å². The second kappa shape index (κ2) is 8.04. The van der Waals surface area contributed by atoms with Gasteiger partial charge < -0.3 is 9.74 Å². The van der Waals surface area contributed by atoms with Crippen LogP contribution < -0.4 is 0 Å². The van der Waals surface area contributed by atoms with Gasteiger partial charge in [0.1, 0.15) is 6.61 Å². The van der Waals surface area contributed by atoms with E-state index in [1.165, 1.54) is 0 Å². The lowest BCUT2D eigenvalue weighted by Gasteiger charge is -2.25. The van der Waals surface area contributed by atoms with Gasteiger partial charge in [0, 0.05) is 25.4 Å². The molecule has 0 saturated heterocycles. The Hall–Kier alpha value is -3.48. The summed E-state index contributed by atoms with van der Waals surface area (Å²) in [5.41, 5.74) is 4.10. The minimum Gasteiger partial charge on any atom is -0.391 e. The van der Waals surface area contributed by atoms with Crippen LogP contribution in [0.1, 0.15) is 28.5 Å². The van der Waals surface area contributed by atoms with Crippen LogP contribution in [0.5, 0.6) is 0 Å². The van der Waals surface area contributed by atoms with Crippen LogP contribution in [0.2, 0.25) is 0 Å². The smallest absolute Gasteiger partial charge is 0.257 e. The number of carbonyl (C=O) groups excluding carboxylic acids is 1. The molecule has 7 nitrogen and oxygen atoms in total. The molecule has 142 valence electrons. The normalized spacial score (nSPS) is 14.1. The molecular weight excluding hydrogens is 354 g/mol. The number of rotatable bonds is 6. The van der Waals surface area contributed by atoms with Gasteiger partial charge in [-0.05, 0) is 24.6 Å². The zero-order valence-electron chi connectivity index (χ0n) is 15.7. The van der Waals surface area contributed by atoms with E-state index in [9.17, 15) is 4.79 Å². The van der Waals surface area contributed by atoms with Crippen molar-refractivity contribution in [2.75, 3.05) is 13.1 Å². The van der Waals surface area contributed by atoms with Gasteiger partial charge in [-0.15, -0.1) is 0 Å². The Morgan fingerprint density at radius 3 is 2.86 bits per heavy atom. The lowest BCUT2D eigenvalue weighted by atomic mass is 10.1. The summed E-state index contributed by atoms with van der Waals surface area (Å²) in [6.45, 7) is 3.33. The molecule has 28 heavy (non-hydrogen) atoms. The molecule has 2 aromatic heterocycles. The van der Waals surface area contributed by atoms with E-state index in [1.807, 2.05) is 49.4 Å². The van der Waals surface area contributed by atoms with Crippen molar-refractivity contribution in [1.82, 2.24) is 19.7 Å². The van der Waals surface area contributed by atoms with Crippen LogP contribution in [0.3, 0.4) is 0 Å². The third-order valence-electron chi connectivity index (χ3n) is 4.55. The summed E-state index contributed by atoms with van der Waals surface area (Å²) in [6, 6.07) is 13.6. The quantitative estimate of drug-likeness (QED) is 0.491. The number of amides is 1. The highest BCUT2D eigenvalue weighted by atomic mass is 16.6. The fourth-order valence-corrected chi connectivity index (χ4v) is 3.15. The Morgan fingerprint density at radius 1 is 1.21 bits per heavy atom. The molecule has 0 radical (unpaired) electrons. The fraction of sp³-hybridized carbons (Fsp3) is 0.238. The van der Waals surface area contributed by atoms with Crippen LogP contribution in [0, 0.1) is 0 Å². The highest BCUT2D eigenvalue weighted by Crippen LogP contribution is 2.19. The molecule has 0 spiro atoms. The Bertz CT molecular complexity index is 983. The molecule has 1 aromatic carbocycles. The lowest BCUT2D eigenvalue weighted by molar-refractivity contribution is 0.0759. The van der Waals surface area contributed by atoms with Gasteiger partial charge in [-0.3, -0.25) is 9.78 Å². The Morgan fingerprint density at radius 2 is 2.07 bits per heavy atom. The molecule has 0 fully saturated rings. The molecule has 1 aliphatic heterocycles. The average molecular weight is 375 g/mol. The van der Waals surface area contributed by atoms with E-state index in [0.717, 1.165) is 22.7 Å². The van der Waals surface area contributed by atoms with Gasteiger partial charge >= 0.3 is 0 Å². The number of benzene rings is 1. The molecule has 0 aliphatic carbocycles. The first-order valence-electron chi connectivity index (χ1n) is 9.18. The van der Waals surface area contributed by atoms with Crippen molar-refractivity contribution in [2.45, 2.75) is 20.0 Å². The first kappa shape index (κ1) is 17.9. The van der Waals surface area contributed by atoms with Crippen molar-refractivity contribution < 1.29 is 9.63 Å². The molecule has 0 atom stereocenters. The maximum atomic E-state index is 12.9. The Balaban J connectivity index is 1.40. The van der Waals surface area contributed by atoms with Gasteiger partial charge in [0.2, 0.25) is 0 Å². The third kappa shape index (κ3) is 3.93. The van der Waals surface area contributed by atoms with E-state index >= 15 is 0 Å². The summed E-state index contributed by atoms with van der Waals surface area (Å²) in [6.07, 6.45) is 5.93. The second-order valence-corrected chi connectivity index (χ2v) is 6.71. The largest absolute Gasteiger partial charge is 0.391 e. The molecule has 0 saturated carbocycles. The number of carbonyl (C=O) groups is 1. The number of fused-ring (bicyclic) bond motifs is 1. The second-order valence-electron chi connectivity index (χ2n) is 6.71. The number of aromatic nitrogens is 3. The summed E-state index contributed by atoms with van der Waals surface area (Å²) >= 11 is 0. The van der Waals surface area contributed by atoms with Crippen molar-refractivity contribution in [2.24, 2.45) is 5.16 Å². The predicted octanol–water partition coefficient (Wildman–Crippen LogP) is 2.86. The molecule has 0 unspecified atom stereocenters. The SMILES string of the molecule is CC(CN1CCc2nn(-c3cccnc3)cc2C1=O)=NOCc1ccccc1. The van der Waals surface area contributed by atoms with Crippen molar-refractivity contribution in [1.29, 1.82) is 0 Å². The van der Waals surface area contributed by atoms with Crippen molar-refractivity contribution in [3.8, 4) is 5.69 Å². The standard InChI is InChI=1S/C21H21N5O2/c1-16(24-28-15-17-6-3-2-4-7-17)13-25-11-9-20-19(21(25)27)14-26(23-20)18-8-5-10-22-12-18/h2-8,10,12,14H,9,11,13,15H2,1H3. The molecule has 3 heterocycles. The predicted molar refractivity (Wildman–Crippen MR) is 105 cm³/mol.